The summed E-state index contributed by atoms with van der Waals surface area (Å²) in [5, 5.41) is 9.32. The summed E-state index contributed by atoms with van der Waals surface area (Å²) < 4.78 is 42.6. The second-order valence-electron chi connectivity index (χ2n) is 5.07. The highest BCUT2D eigenvalue weighted by Gasteiger charge is 2.43. The fourth-order valence-electron chi connectivity index (χ4n) is 2.43. The first kappa shape index (κ1) is 16.2. The van der Waals surface area contributed by atoms with Crippen molar-refractivity contribution in [3.8, 4) is 0 Å². The van der Waals surface area contributed by atoms with Crippen molar-refractivity contribution in [1.29, 1.82) is 0 Å². The van der Waals surface area contributed by atoms with Crippen molar-refractivity contribution in [1.82, 2.24) is 4.90 Å². The molecule has 0 bridgehead atoms. The highest BCUT2D eigenvalue weighted by Crippen LogP contribution is 2.31. The first-order chi connectivity index (χ1) is 8.79. The van der Waals surface area contributed by atoms with Gasteiger partial charge in [0, 0.05) is 13.2 Å². The zero-order chi connectivity index (χ0) is 14.5. The van der Waals surface area contributed by atoms with E-state index in [1.807, 2.05) is 0 Å². The number of aliphatic carboxylic acids is 1. The van der Waals surface area contributed by atoms with Gasteiger partial charge in [-0.05, 0) is 25.8 Å². The van der Waals surface area contributed by atoms with Crippen LogP contribution in [0.4, 0.5) is 13.2 Å². The maximum atomic E-state index is 12.5. The Morgan fingerprint density at radius 2 is 2.16 bits per heavy atom. The quantitative estimate of drug-likeness (QED) is 0.811. The van der Waals surface area contributed by atoms with Crippen molar-refractivity contribution in [2.45, 2.75) is 32.4 Å². The molecule has 1 N–H and O–H groups in total. The highest BCUT2D eigenvalue weighted by atomic mass is 19.4. The predicted octanol–water partition coefficient (Wildman–Crippen LogP) is 2.14. The van der Waals surface area contributed by atoms with Gasteiger partial charge in [0.05, 0.1) is 13.2 Å². The number of carbonyl (C=O) groups is 1. The summed E-state index contributed by atoms with van der Waals surface area (Å²) in [7, 11) is 0. The number of carboxylic acid groups (broad SMARTS) is 1. The Bertz CT molecular complexity index is 301. The van der Waals surface area contributed by atoms with Crippen molar-refractivity contribution in [2.24, 2.45) is 5.41 Å². The van der Waals surface area contributed by atoms with Gasteiger partial charge in [-0.1, -0.05) is 6.92 Å². The van der Waals surface area contributed by atoms with Crippen LogP contribution >= 0.6 is 0 Å². The van der Waals surface area contributed by atoms with E-state index in [-0.39, 0.29) is 19.7 Å². The fourth-order valence-corrected chi connectivity index (χ4v) is 2.43. The first-order valence-corrected chi connectivity index (χ1v) is 6.39. The Balaban J connectivity index is 2.75. The molecule has 1 heterocycles. The Morgan fingerprint density at radius 3 is 2.58 bits per heavy atom. The van der Waals surface area contributed by atoms with Crippen molar-refractivity contribution in [3.05, 3.63) is 0 Å². The third-order valence-corrected chi connectivity index (χ3v) is 3.25. The largest absolute Gasteiger partial charge is 0.481 e. The van der Waals surface area contributed by atoms with Crippen LogP contribution in [0.3, 0.4) is 0 Å². The average Bonchev–Trinajstić information content (AvgIpc) is 2.28. The lowest BCUT2D eigenvalue weighted by Gasteiger charge is -2.37. The molecule has 1 unspecified atom stereocenters. The molecule has 0 aliphatic carbocycles. The van der Waals surface area contributed by atoms with Crippen LogP contribution in [0.25, 0.3) is 0 Å². The summed E-state index contributed by atoms with van der Waals surface area (Å²) in [6.45, 7) is 1.27. The molecule has 1 aliphatic heterocycles. The van der Waals surface area contributed by atoms with Crippen molar-refractivity contribution in [2.75, 3.05) is 32.8 Å². The molecular weight excluding hydrogens is 263 g/mol. The van der Waals surface area contributed by atoms with E-state index in [1.165, 1.54) is 4.90 Å². The van der Waals surface area contributed by atoms with Gasteiger partial charge < -0.3 is 9.84 Å². The van der Waals surface area contributed by atoms with Crippen LogP contribution in [0, 0.1) is 5.41 Å². The zero-order valence-electron chi connectivity index (χ0n) is 11.0. The third kappa shape index (κ3) is 4.99. The van der Waals surface area contributed by atoms with Crippen molar-refractivity contribution in [3.63, 3.8) is 0 Å². The fraction of sp³-hybridized carbons (Fsp3) is 0.917. The van der Waals surface area contributed by atoms with Gasteiger partial charge >= 0.3 is 12.1 Å². The van der Waals surface area contributed by atoms with Crippen LogP contribution in [0.5, 0.6) is 0 Å². The molecule has 0 saturated carbocycles. The van der Waals surface area contributed by atoms with Crippen molar-refractivity contribution < 1.29 is 27.8 Å². The second-order valence-corrected chi connectivity index (χ2v) is 5.07. The molecule has 0 spiro atoms. The molecule has 0 aromatic heterocycles. The van der Waals surface area contributed by atoms with Gasteiger partial charge in [0.2, 0.25) is 0 Å². The van der Waals surface area contributed by atoms with Gasteiger partial charge in [0.1, 0.15) is 5.41 Å². The average molecular weight is 283 g/mol. The monoisotopic (exact) mass is 283 g/mol. The van der Waals surface area contributed by atoms with E-state index >= 15 is 0 Å². The Kier molecular flexibility index (Phi) is 5.61. The van der Waals surface area contributed by atoms with Gasteiger partial charge in [0.25, 0.3) is 0 Å². The van der Waals surface area contributed by atoms with E-state index < -0.39 is 24.1 Å². The number of hydrogen-bond donors (Lipinski definition) is 1. The summed E-state index contributed by atoms with van der Waals surface area (Å²) >= 11 is 0. The molecule has 1 fully saturated rings. The van der Waals surface area contributed by atoms with E-state index in [0.29, 0.717) is 25.9 Å². The van der Waals surface area contributed by atoms with E-state index in [2.05, 4.69) is 0 Å². The summed E-state index contributed by atoms with van der Waals surface area (Å²) in [5.74, 6) is -1.07. The molecule has 7 heteroatoms. The number of rotatable bonds is 6. The minimum atomic E-state index is -4.32. The van der Waals surface area contributed by atoms with Crippen LogP contribution in [0.1, 0.15) is 26.2 Å². The number of nitrogens with zero attached hydrogens (tertiary/aromatic N) is 1. The second kappa shape index (κ2) is 6.56. The van der Waals surface area contributed by atoms with E-state index in [1.54, 1.807) is 6.92 Å². The predicted molar refractivity (Wildman–Crippen MR) is 62.9 cm³/mol. The van der Waals surface area contributed by atoms with Gasteiger partial charge in [-0.25, -0.2) is 0 Å². The van der Waals surface area contributed by atoms with Gasteiger partial charge in [-0.3, -0.25) is 9.69 Å². The minimum absolute atomic E-state index is 0.0135. The van der Waals surface area contributed by atoms with Crippen LogP contribution in [0.2, 0.25) is 0 Å². The van der Waals surface area contributed by atoms with E-state index in [4.69, 9.17) is 4.74 Å². The lowest BCUT2D eigenvalue weighted by molar-refractivity contribution is -0.169. The molecule has 1 saturated heterocycles. The Hall–Kier alpha value is -0.820. The summed E-state index contributed by atoms with van der Waals surface area (Å²) in [5.41, 5.74) is -1.21. The molecule has 1 aliphatic rings. The molecule has 1 atom stereocenters. The minimum Gasteiger partial charge on any atom is -0.481 e. The standard InChI is InChI=1S/C12H20F3NO3/c1-2-5-16(8-12(13,14)15)7-11(10(17)18)4-3-6-19-9-11/h2-9H2,1H3,(H,17,18). The molecule has 112 valence electrons. The molecule has 1 rings (SSSR count). The molecule has 0 amide bonds. The molecule has 0 aromatic rings. The summed E-state index contributed by atoms with van der Waals surface area (Å²) in [6, 6.07) is 0. The third-order valence-electron chi connectivity index (χ3n) is 3.25. The molecule has 4 nitrogen and oxygen atoms in total. The number of carboxylic acids is 1. The number of alkyl halides is 3. The Labute approximate surface area is 110 Å². The lowest BCUT2D eigenvalue weighted by Crippen LogP contribution is -2.50. The molecular formula is C12H20F3NO3. The number of hydrogen-bond acceptors (Lipinski definition) is 3. The van der Waals surface area contributed by atoms with Crippen LogP contribution in [0.15, 0.2) is 0 Å². The van der Waals surface area contributed by atoms with Crippen LogP contribution in [-0.2, 0) is 9.53 Å². The first-order valence-electron chi connectivity index (χ1n) is 6.39. The SMILES string of the molecule is CCCN(CC(F)(F)F)CC1(C(=O)O)CCCOC1. The molecule has 0 aromatic carbocycles. The molecule has 19 heavy (non-hydrogen) atoms. The Morgan fingerprint density at radius 1 is 1.47 bits per heavy atom. The van der Waals surface area contributed by atoms with E-state index in [9.17, 15) is 23.1 Å². The maximum absolute atomic E-state index is 12.5. The summed E-state index contributed by atoms with van der Waals surface area (Å²) in [6.07, 6.45) is -2.84. The highest BCUT2D eigenvalue weighted by molar-refractivity contribution is 5.75. The number of halogens is 3. The van der Waals surface area contributed by atoms with Crippen molar-refractivity contribution >= 4 is 5.97 Å². The van der Waals surface area contributed by atoms with Crippen LogP contribution in [-0.4, -0.2) is 55.0 Å². The molecule has 0 radical (unpaired) electrons. The topological polar surface area (TPSA) is 49.8 Å². The lowest BCUT2D eigenvalue weighted by atomic mass is 9.82. The number of ether oxygens (including phenoxy) is 1. The van der Waals surface area contributed by atoms with Crippen LogP contribution < -0.4 is 0 Å². The van der Waals surface area contributed by atoms with Gasteiger partial charge in [0.15, 0.2) is 0 Å². The van der Waals surface area contributed by atoms with Gasteiger partial charge in [-0.2, -0.15) is 13.2 Å². The van der Waals surface area contributed by atoms with Gasteiger partial charge in [-0.15, -0.1) is 0 Å². The zero-order valence-corrected chi connectivity index (χ0v) is 11.0. The van der Waals surface area contributed by atoms with E-state index in [0.717, 1.165) is 0 Å². The normalized spacial score (nSPS) is 24.7. The maximum Gasteiger partial charge on any atom is 0.401 e. The summed E-state index contributed by atoms with van der Waals surface area (Å²) in [4.78, 5) is 12.6. The smallest absolute Gasteiger partial charge is 0.401 e.